The molecule has 2 aromatic carbocycles. The smallest absolute Gasteiger partial charge is 0.224 e. The first-order valence-corrected chi connectivity index (χ1v) is 11.9. The molecule has 0 aliphatic heterocycles. The van der Waals surface area contributed by atoms with Crippen LogP contribution in [0.25, 0.3) is 10.9 Å². The lowest BCUT2D eigenvalue weighted by Gasteiger charge is -2.14. The fraction of sp³-hybridized carbons (Fsp3) is 0.364. The van der Waals surface area contributed by atoms with E-state index >= 15 is 0 Å². The number of nitrogens with zero attached hydrogens (tertiary/aromatic N) is 3. The molecule has 1 aromatic heterocycles. The van der Waals surface area contributed by atoms with Crippen molar-refractivity contribution in [2.24, 2.45) is 10.2 Å². The molecule has 0 aliphatic rings. The van der Waals surface area contributed by atoms with Gasteiger partial charge in [0.25, 0.3) is 0 Å². The van der Waals surface area contributed by atoms with Crippen LogP contribution in [0.15, 0.2) is 51.5 Å². The zero-order valence-corrected chi connectivity index (χ0v) is 19.6. The van der Waals surface area contributed by atoms with Crippen LogP contribution in [0.4, 0.5) is 16.4 Å². The fourth-order valence-electron chi connectivity index (χ4n) is 2.99. The maximum Gasteiger partial charge on any atom is 0.224 e. The largest absolute Gasteiger partial charge is 0.871 e. The Kier molecular flexibility index (Phi) is 9.42. The number of amides is 1. The SMILES string of the molecule is CCCCCCCC(=O)Nc1cc(N=Nc2snc3ccc(SOOC)cc23)ccc1[O-]. The Hall–Kier alpha value is -2.53. The molecule has 32 heavy (non-hydrogen) atoms. The van der Waals surface area contributed by atoms with E-state index in [1.54, 1.807) is 6.07 Å². The summed E-state index contributed by atoms with van der Waals surface area (Å²) in [5.41, 5.74) is 1.48. The number of carbonyl (C=O) groups excluding carboxylic acids is 1. The average Bonchev–Trinajstić information content (AvgIpc) is 3.20. The van der Waals surface area contributed by atoms with Gasteiger partial charge in [0, 0.05) is 22.4 Å². The molecule has 3 aromatic rings. The standard InChI is InChI=1S/C22H26N4O4S2/c1-3-4-5-6-7-8-21(28)23-19-13-15(9-12-20(19)27)24-25-22-17-14-16(32-30-29-2)10-11-18(17)26-31-22/h9-14,27H,3-8H2,1-2H3,(H,23,28)/p-1. The Labute approximate surface area is 195 Å². The predicted molar refractivity (Wildman–Crippen MR) is 126 cm³/mol. The number of fused-ring (bicyclic) bond motifs is 1. The van der Waals surface area contributed by atoms with Crippen LogP contribution < -0.4 is 10.4 Å². The second kappa shape index (κ2) is 12.5. The van der Waals surface area contributed by atoms with Crippen LogP contribution >= 0.6 is 23.6 Å². The Morgan fingerprint density at radius 2 is 2.00 bits per heavy atom. The summed E-state index contributed by atoms with van der Waals surface area (Å²) in [6, 6.07) is 10.1. The molecule has 1 heterocycles. The van der Waals surface area contributed by atoms with Crippen LogP contribution in [0.2, 0.25) is 0 Å². The topological polar surface area (TPSA) is 108 Å². The fourth-order valence-corrected chi connectivity index (χ4v) is 4.11. The molecule has 3 rings (SSSR count). The average molecular weight is 474 g/mol. The third-order valence-electron chi connectivity index (χ3n) is 4.63. The van der Waals surface area contributed by atoms with Gasteiger partial charge >= 0.3 is 0 Å². The first kappa shape index (κ1) is 24.1. The molecule has 0 saturated carbocycles. The molecule has 0 radical (unpaired) electrons. The van der Waals surface area contributed by atoms with Crippen LogP contribution in [-0.2, 0) is 14.0 Å². The van der Waals surface area contributed by atoms with Crippen molar-refractivity contribution in [2.75, 3.05) is 12.4 Å². The van der Waals surface area contributed by atoms with E-state index in [9.17, 15) is 9.90 Å². The van der Waals surface area contributed by atoms with Crippen molar-refractivity contribution in [3.63, 3.8) is 0 Å². The molecule has 8 nitrogen and oxygen atoms in total. The van der Waals surface area contributed by atoms with Gasteiger partial charge in [-0.25, -0.2) is 4.89 Å². The molecule has 0 unspecified atom stereocenters. The Morgan fingerprint density at radius 1 is 1.16 bits per heavy atom. The van der Waals surface area contributed by atoms with E-state index in [-0.39, 0.29) is 17.3 Å². The first-order chi connectivity index (χ1) is 15.6. The quantitative estimate of drug-likeness (QED) is 0.103. The highest BCUT2D eigenvalue weighted by atomic mass is 32.2. The highest BCUT2D eigenvalue weighted by molar-refractivity contribution is 7.94. The maximum atomic E-state index is 12.2. The van der Waals surface area contributed by atoms with Gasteiger partial charge in [0.05, 0.1) is 30.4 Å². The van der Waals surface area contributed by atoms with Gasteiger partial charge in [0.2, 0.25) is 5.91 Å². The normalized spacial score (nSPS) is 11.4. The van der Waals surface area contributed by atoms with Crippen LogP contribution in [0.1, 0.15) is 45.4 Å². The summed E-state index contributed by atoms with van der Waals surface area (Å²) in [5, 5.41) is 24.8. The highest BCUT2D eigenvalue weighted by Gasteiger charge is 2.08. The van der Waals surface area contributed by atoms with Crippen LogP contribution in [0, 0.1) is 0 Å². The van der Waals surface area contributed by atoms with E-state index in [0.717, 1.165) is 53.5 Å². The molecule has 0 bridgehead atoms. The highest BCUT2D eigenvalue weighted by Crippen LogP contribution is 2.35. The Bertz CT molecular complexity index is 1070. The molecule has 170 valence electrons. The molecule has 0 saturated heterocycles. The van der Waals surface area contributed by atoms with E-state index in [2.05, 4.69) is 31.7 Å². The van der Waals surface area contributed by atoms with E-state index in [1.165, 1.54) is 37.2 Å². The number of azo groups is 1. The summed E-state index contributed by atoms with van der Waals surface area (Å²) in [7, 11) is 1.44. The van der Waals surface area contributed by atoms with Gasteiger partial charge in [-0.2, -0.15) is 8.71 Å². The number of benzene rings is 2. The molecular weight excluding hydrogens is 448 g/mol. The molecule has 0 fully saturated rings. The summed E-state index contributed by atoms with van der Waals surface area (Å²) in [5.74, 6) is -0.421. The number of unbranched alkanes of at least 4 members (excludes halogenated alkanes) is 4. The second-order valence-corrected chi connectivity index (χ2v) is 8.60. The molecule has 1 N–H and O–H groups in total. The second-order valence-electron chi connectivity index (χ2n) is 7.08. The summed E-state index contributed by atoms with van der Waals surface area (Å²) >= 11 is 2.31. The summed E-state index contributed by atoms with van der Waals surface area (Å²) in [6.45, 7) is 2.15. The lowest BCUT2D eigenvalue weighted by atomic mass is 10.1. The van der Waals surface area contributed by atoms with E-state index < -0.39 is 0 Å². The predicted octanol–water partition coefficient (Wildman–Crippen LogP) is 6.67. The first-order valence-electron chi connectivity index (χ1n) is 10.4. The molecule has 1 amide bonds. The van der Waals surface area contributed by atoms with Crippen LogP contribution in [0.3, 0.4) is 0 Å². The van der Waals surface area contributed by atoms with Gasteiger partial charge in [-0.3, -0.25) is 4.79 Å². The number of rotatable bonds is 12. The van der Waals surface area contributed by atoms with Crippen molar-refractivity contribution in [1.82, 2.24) is 4.37 Å². The minimum atomic E-state index is -0.258. The number of hydrogen-bond donors (Lipinski definition) is 1. The lowest BCUT2D eigenvalue weighted by molar-refractivity contribution is -0.267. The zero-order chi connectivity index (χ0) is 22.8. The molecule has 10 heteroatoms. The van der Waals surface area contributed by atoms with Crippen LogP contribution in [-0.4, -0.2) is 17.4 Å². The summed E-state index contributed by atoms with van der Waals surface area (Å²) < 4.78 is 9.26. The number of aromatic nitrogens is 1. The summed E-state index contributed by atoms with van der Waals surface area (Å²) in [6.07, 6.45) is 5.68. The number of nitrogens with one attached hydrogen (secondary N) is 1. The number of hydrogen-bond acceptors (Lipinski definition) is 9. The van der Waals surface area contributed by atoms with Gasteiger partial charge in [-0.15, -0.1) is 10.2 Å². The van der Waals surface area contributed by atoms with E-state index in [0.29, 0.717) is 17.1 Å². The lowest BCUT2D eigenvalue weighted by Crippen LogP contribution is -2.12. The third-order valence-corrected chi connectivity index (χ3v) is 6.04. The molecule has 0 aliphatic carbocycles. The van der Waals surface area contributed by atoms with Gasteiger partial charge < -0.3 is 10.4 Å². The zero-order valence-electron chi connectivity index (χ0n) is 18.0. The van der Waals surface area contributed by atoms with Gasteiger partial charge in [0.15, 0.2) is 5.00 Å². The molecule has 0 spiro atoms. The monoisotopic (exact) mass is 473 g/mol. The van der Waals surface area contributed by atoms with Crippen molar-refractivity contribution in [3.8, 4) is 5.75 Å². The van der Waals surface area contributed by atoms with Crippen LogP contribution in [0.5, 0.6) is 5.75 Å². The number of anilines is 1. The van der Waals surface area contributed by atoms with Gasteiger partial charge in [-0.05, 0) is 48.3 Å². The van der Waals surface area contributed by atoms with Crippen molar-refractivity contribution in [3.05, 3.63) is 36.4 Å². The maximum absolute atomic E-state index is 12.2. The Morgan fingerprint density at radius 3 is 2.81 bits per heavy atom. The van der Waals surface area contributed by atoms with Crippen molar-refractivity contribution < 1.29 is 19.1 Å². The molecular formula is C22H25N4O4S2-. The van der Waals surface area contributed by atoms with Crippen molar-refractivity contribution in [1.29, 1.82) is 0 Å². The van der Waals surface area contributed by atoms with E-state index in [4.69, 9.17) is 4.33 Å². The van der Waals surface area contributed by atoms with Crippen molar-refractivity contribution >= 4 is 56.8 Å². The molecule has 0 atom stereocenters. The third kappa shape index (κ3) is 6.99. The van der Waals surface area contributed by atoms with Crippen molar-refractivity contribution in [2.45, 2.75) is 50.3 Å². The minimum Gasteiger partial charge on any atom is -0.871 e. The summed E-state index contributed by atoms with van der Waals surface area (Å²) in [4.78, 5) is 17.6. The Balaban J connectivity index is 1.67. The van der Waals surface area contributed by atoms with Gasteiger partial charge in [-0.1, -0.05) is 44.4 Å². The number of carbonyl (C=O) groups is 1. The van der Waals surface area contributed by atoms with Gasteiger partial charge in [0.1, 0.15) is 0 Å². The minimum absolute atomic E-state index is 0.163. The van der Waals surface area contributed by atoms with E-state index in [1.807, 2.05) is 18.2 Å².